The Morgan fingerprint density at radius 1 is 1.50 bits per heavy atom. The zero-order chi connectivity index (χ0) is 13.9. The van der Waals surface area contributed by atoms with Crippen LogP contribution in [0, 0.1) is 0 Å². The second-order valence-electron chi connectivity index (χ2n) is 4.65. The first-order valence-electron chi connectivity index (χ1n) is 6.40. The maximum Gasteiger partial charge on any atom is 0.313 e. The zero-order valence-electron chi connectivity index (χ0n) is 11.1. The Bertz CT molecular complexity index is 610. The first kappa shape index (κ1) is 12.6. The van der Waals surface area contributed by atoms with Crippen molar-refractivity contribution >= 4 is 11.9 Å². The monoisotopic (exact) mass is 273 g/mol. The molecule has 7 nitrogen and oxygen atoms in total. The highest BCUT2D eigenvalue weighted by molar-refractivity contribution is 5.71. The molecule has 0 saturated carbocycles. The molecular weight excluding hydrogens is 258 g/mol. The Hall–Kier alpha value is -2.44. The number of hydrogen-bond acceptors (Lipinski definition) is 6. The number of carbonyl (C=O) groups is 1. The summed E-state index contributed by atoms with van der Waals surface area (Å²) in [7, 11) is 1.36. The predicted molar refractivity (Wildman–Crippen MR) is 71.2 cm³/mol. The number of aromatic nitrogens is 4. The third-order valence-electron chi connectivity index (χ3n) is 3.32. The van der Waals surface area contributed by atoms with Crippen LogP contribution in [0.2, 0.25) is 0 Å². The second kappa shape index (κ2) is 5.28. The van der Waals surface area contributed by atoms with Gasteiger partial charge in [-0.05, 0) is 17.7 Å². The molecular formula is C13H15N5O2. The van der Waals surface area contributed by atoms with Crippen molar-refractivity contribution in [3.05, 3.63) is 35.9 Å². The SMILES string of the molecule is COC(=O)Cc1nc2n(n1)CC(c1ccncc1)CN2. The minimum absolute atomic E-state index is 0.0953. The molecule has 0 fully saturated rings. The molecule has 0 saturated heterocycles. The Kier molecular flexibility index (Phi) is 3.32. The van der Waals surface area contributed by atoms with Gasteiger partial charge < -0.3 is 10.1 Å². The average Bonchev–Trinajstić information content (AvgIpc) is 2.89. The molecule has 1 aliphatic heterocycles. The summed E-state index contributed by atoms with van der Waals surface area (Å²) in [6, 6.07) is 4.01. The second-order valence-corrected chi connectivity index (χ2v) is 4.65. The standard InChI is InChI=1S/C13H15N5O2/c1-20-12(19)6-11-16-13-15-7-10(8-18(13)17-11)9-2-4-14-5-3-9/h2-5,10H,6-8H2,1H3,(H,15,16,17). The Balaban J connectivity index is 1.76. The van der Waals surface area contributed by atoms with E-state index >= 15 is 0 Å². The quantitative estimate of drug-likeness (QED) is 0.825. The van der Waals surface area contributed by atoms with Gasteiger partial charge in [-0.3, -0.25) is 9.78 Å². The molecule has 1 atom stereocenters. The lowest BCUT2D eigenvalue weighted by Crippen LogP contribution is -2.26. The molecule has 7 heteroatoms. The summed E-state index contributed by atoms with van der Waals surface area (Å²) in [5.74, 6) is 1.17. The van der Waals surface area contributed by atoms with E-state index in [1.807, 2.05) is 12.1 Å². The molecule has 2 aromatic heterocycles. The Labute approximate surface area is 116 Å². The van der Waals surface area contributed by atoms with Crippen molar-refractivity contribution in [1.82, 2.24) is 19.7 Å². The van der Waals surface area contributed by atoms with Crippen molar-refractivity contribution in [2.45, 2.75) is 18.9 Å². The van der Waals surface area contributed by atoms with Crippen LogP contribution in [-0.2, 0) is 22.5 Å². The van der Waals surface area contributed by atoms with Crippen molar-refractivity contribution in [2.75, 3.05) is 19.0 Å². The molecule has 1 unspecified atom stereocenters. The number of carbonyl (C=O) groups excluding carboxylic acids is 1. The molecule has 104 valence electrons. The van der Waals surface area contributed by atoms with Crippen LogP contribution in [0.5, 0.6) is 0 Å². The van der Waals surface area contributed by atoms with Crippen LogP contribution in [0.4, 0.5) is 5.95 Å². The highest BCUT2D eigenvalue weighted by atomic mass is 16.5. The van der Waals surface area contributed by atoms with Gasteiger partial charge in [0.05, 0.1) is 13.7 Å². The molecule has 3 rings (SSSR count). The van der Waals surface area contributed by atoms with Gasteiger partial charge >= 0.3 is 5.97 Å². The topological polar surface area (TPSA) is 81.9 Å². The van der Waals surface area contributed by atoms with E-state index in [1.54, 1.807) is 17.1 Å². The summed E-state index contributed by atoms with van der Waals surface area (Å²) in [4.78, 5) is 19.6. The predicted octanol–water partition coefficient (Wildman–Crippen LogP) is 0.598. The third-order valence-corrected chi connectivity index (χ3v) is 3.32. The lowest BCUT2D eigenvalue weighted by Gasteiger charge is -2.23. The van der Waals surface area contributed by atoms with Crippen LogP contribution in [0.25, 0.3) is 0 Å². The van der Waals surface area contributed by atoms with Crippen molar-refractivity contribution < 1.29 is 9.53 Å². The van der Waals surface area contributed by atoms with Gasteiger partial charge in [-0.2, -0.15) is 10.1 Å². The van der Waals surface area contributed by atoms with Crippen molar-refractivity contribution in [3.63, 3.8) is 0 Å². The van der Waals surface area contributed by atoms with Crippen molar-refractivity contribution in [2.24, 2.45) is 0 Å². The van der Waals surface area contributed by atoms with Gasteiger partial charge in [0, 0.05) is 24.9 Å². The normalized spacial score (nSPS) is 17.1. The third kappa shape index (κ3) is 2.47. The molecule has 0 spiro atoms. The van der Waals surface area contributed by atoms with E-state index in [9.17, 15) is 4.79 Å². The number of rotatable bonds is 3. The van der Waals surface area contributed by atoms with E-state index < -0.39 is 0 Å². The fourth-order valence-electron chi connectivity index (χ4n) is 2.27. The van der Waals surface area contributed by atoms with Crippen LogP contribution in [0.3, 0.4) is 0 Å². The molecule has 20 heavy (non-hydrogen) atoms. The summed E-state index contributed by atoms with van der Waals surface area (Å²) in [6.07, 6.45) is 3.67. The van der Waals surface area contributed by atoms with Crippen LogP contribution < -0.4 is 5.32 Å². The fourth-order valence-corrected chi connectivity index (χ4v) is 2.27. The number of esters is 1. The van der Waals surface area contributed by atoms with Crippen LogP contribution in [-0.4, -0.2) is 39.4 Å². The first-order valence-corrected chi connectivity index (χ1v) is 6.40. The van der Waals surface area contributed by atoms with Crippen molar-refractivity contribution in [3.8, 4) is 0 Å². The minimum Gasteiger partial charge on any atom is -0.469 e. The number of hydrogen-bond donors (Lipinski definition) is 1. The fraction of sp³-hybridized carbons (Fsp3) is 0.385. The van der Waals surface area contributed by atoms with Gasteiger partial charge in [0.25, 0.3) is 0 Å². The first-order chi connectivity index (χ1) is 9.76. The molecule has 1 N–H and O–H groups in total. The number of ether oxygens (including phenoxy) is 1. The molecule has 2 aromatic rings. The largest absolute Gasteiger partial charge is 0.469 e. The van der Waals surface area contributed by atoms with Gasteiger partial charge in [-0.15, -0.1) is 0 Å². The van der Waals surface area contributed by atoms with E-state index in [1.165, 1.54) is 12.7 Å². The molecule has 0 bridgehead atoms. The number of fused-ring (bicyclic) bond motifs is 1. The van der Waals surface area contributed by atoms with E-state index in [0.29, 0.717) is 17.7 Å². The zero-order valence-corrected chi connectivity index (χ0v) is 11.1. The van der Waals surface area contributed by atoms with Gasteiger partial charge in [-0.25, -0.2) is 4.68 Å². The van der Waals surface area contributed by atoms with Gasteiger partial charge in [0.1, 0.15) is 6.42 Å². The summed E-state index contributed by atoms with van der Waals surface area (Å²) in [5, 5.41) is 7.58. The van der Waals surface area contributed by atoms with E-state index in [0.717, 1.165) is 13.1 Å². The Morgan fingerprint density at radius 2 is 2.30 bits per heavy atom. The van der Waals surface area contributed by atoms with E-state index in [-0.39, 0.29) is 12.4 Å². The molecule has 0 amide bonds. The van der Waals surface area contributed by atoms with E-state index in [4.69, 9.17) is 0 Å². The number of anilines is 1. The summed E-state index contributed by atoms with van der Waals surface area (Å²) < 4.78 is 6.42. The average molecular weight is 273 g/mol. The molecule has 0 aliphatic carbocycles. The van der Waals surface area contributed by atoms with Crippen LogP contribution in [0.1, 0.15) is 17.3 Å². The van der Waals surface area contributed by atoms with Gasteiger partial charge in [-0.1, -0.05) is 0 Å². The maximum atomic E-state index is 11.2. The van der Waals surface area contributed by atoms with Gasteiger partial charge in [0.15, 0.2) is 5.82 Å². The van der Waals surface area contributed by atoms with Crippen molar-refractivity contribution in [1.29, 1.82) is 0 Å². The van der Waals surface area contributed by atoms with Crippen LogP contribution in [0.15, 0.2) is 24.5 Å². The number of pyridine rings is 1. The molecule has 0 aromatic carbocycles. The molecule has 1 aliphatic rings. The number of nitrogens with one attached hydrogen (secondary N) is 1. The molecule has 3 heterocycles. The summed E-state index contributed by atoms with van der Waals surface area (Å²) in [6.45, 7) is 1.53. The minimum atomic E-state index is -0.335. The highest BCUT2D eigenvalue weighted by Gasteiger charge is 2.23. The summed E-state index contributed by atoms with van der Waals surface area (Å²) >= 11 is 0. The lowest BCUT2D eigenvalue weighted by molar-refractivity contribution is -0.139. The smallest absolute Gasteiger partial charge is 0.313 e. The highest BCUT2D eigenvalue weighted by Crippen LogP contribution is 2.23. The Morgan fingerprint density at radius 3 is 3.05 bits per heavy atom. The van der Waals surface area contributed by atoms with E-state index in [2.05, 4.69) is 25.1 Å². The summed E-state index contributed by atoms with van der Waals surface area (Å²) in [5.41, 5.74) is 1.21. The van der Waals surface area contributed by atoms with Gasteiger partial charge in [0.2, 0.25) is 5.95 Å². The lowest BCUT2D eigenvalue weighted by atomic mass is 9.99. The number of nitrogens with zero attached hydrogens (tertiary/aromatic N) is 4. The van der Waals surface area contributed by atoms with Crippen LogP contribution >= 0.6 is 0 Å². The molecule has 0 radical (unpaired) electrons. The maximum absolute atomic E-state index is 11.2. The number of methoxy groups -OCH3 is 1.